The number of carbonyl (C=O) groups excluding carboxylic acids is 5. The highest BCUT2D eigenvalue weighted by Gasteiger charge is 2.34. The minimum absolute atomic E-state index is 1.05. The molecule has 0 saturated heterocycles. The van der Waals surface area contributed by atoms with Gasteiger partial charge in [0.15, 0.2) is 0 Å². The van der Waals surface area contributed by atoms with Gasteiger partial charge in [0.25, 0.3) is 0 Å². The summed E-state index contributed by atoms with van der Waals surface area (Å²) < 4.78 is 0. The van der Waals surface area contributed by atoms with E-state index in [1.54, 1.807) is 21.3 Å². The average molecular weight is 709 g/mol. The normalized spacial score (nSPS) is 14.1. The second-order valence-corrected chi connectivity index (χ2v) is 9.85. The van der Waals surface area contributed by atoms with Crippen molar-refractivity contribution in [3.05, 3.63) is 0 Å². The van der Waals surface area contributed by atoms with Crippen LogP contribution in [0, 0.1) is 0 Å². The topological polar surface area (TPSA) is 433 Å². The van der Waals surface area contributed by atoms with Crippen molar-refractivity contribution in [2.45, 2.75) is 74.8 Å². The molecule has 0 spiro atoms. The summed E-state index contributed by atoms with van der Waals surface area (Å²) in [6.45, 7) is 0. The van der Waals surface area contributed by atoms with E-state index in [4.69, 9.17) is 36.4 Å². The van der Waals surface area contributed by atoms with E-state index in [9.17, 15) is 62.6 Å². The third kappa shape index (κ3) is 17.2. The zero-order valence-corrected chi connectivity index (χ0v) is 24.8. The number of nitrogens with one attached hydrogen (secondary N) is 5. The van der Waals surface area contributed by atoms with Gasteiger partial charge in [-0.2, -0.15) is 0 Å². The number of amides is 5. The fraction of sp³-hybridized carbons (Fsp3) is 0.500. The van der Waals surface area contributed by atoms with Gasteiger partial charge in [0.2, 0.25) is 29.5 Å². The standard InChI is InChI=1S/C24H32N6O19/c25-7(1-13(31)26-10(22(44)45)4-16(34)35)19(40)29-8(2-14(32)27-11(23(46)47)5-17(36)37)20(41)30-9(21(42)43)3-15(33)28-12(24(48)49)6-18(38)39/h7-12H,1-6,25H2,(H,26,31)(H,27,32)(H,28,33)(H,29,40)(H,30,41)(H,34,35)(H,36,37)(H,38,39)(H,42,43)(H,44,45)(H,46,47)(H,48,49)/t7?,8?,9?,10-,11-,12-/m0/s1. The Kier molecular flexibility index (Phi) is 17.4. The van der Waals surface area contributed by atoms with Gasteiger partial charge >= 0.3 is 41.8 Å². The van der Waals surface area contributed by atoms with Crippen molar-refractivity contribution in [3.63, 3.8) is 0 Å². The monoisotopic (exact) mass is 708 g/mol. The Balaban J connectivity index is 6.06. The molecule has 0 aliphatic carbocycles. The summed E-state index contributed by atoms with van der Waals surface area (Å²) in [5, 5.41) is 71.9. The number of rotatable bonds is 23. The molecular weight excluding hydrogens is 676 g/mol. The van der Waals surface area contributed by atoms with Crippen LogP contribution in [0.3, 0.4) is 0 Å². The molecule has 0 aromatic rings. The molecule has 0 aromatic carbocycles. The minimum Gasteiger partial charge on any atom is -0.481 e. The van der Waals surface area contributed by atoms with E-state index in [2.05, 4.69) is 0 Å². The molecule has 3 unspecified atom stereocenters. The van der Waals surface area contributed by atoms with E-state index >= 15 is 0 Å². The summed E-state index contributed by atoms with van der Waals surface area (Å²) >= 11 is 0. The predicted octanol–water partition coefficient (Wildman–Crippen LogP) is -6.33. The van der Waals surface area contributed by atoms with E-state index in [1.807, 2.05) is 5.32 Å². The van der Waals surface area contributed by atoms with Crippen molar-refractivity contribution in [2.24, 2.45) is 5.73 Å². The van der Waals surface area contributed by atoms with E-state index in [0.29, 0.717) is 0 Å². The molecule has 0 saturated carbocycles. The van der Waals surface area contributed by atoms with Gasteiger partial charge < -0.3 is 68.1 Å². The van der Waals surface area contributed by atoms with E-state index in [1.165, 1.54) is 0 Å². The number of carboxylic acids is 7. The van der Waals surface area contributed by atoms with Crippen molar-refractivity contribution >= 4 is 71.3 Å². The Bertz CT molecular complexity index is 1370. The highest BCUT2D eigenvalue weighted by atomic mass is 16.4. The van der Waals surface area contributed by atoms with Crippen LogP contribution < -0.4 is 32.3 Å². The number of nitrogens with two attached hydrogens (primary N) is 1. The van der Waals surface area contributed by atoms with Gasteiger partial charge in [-0.25, -0.2) is 19.2 Å². The van der Waals surface area contributed by atoms with Gasteiger partial charge in [-0.3, -0.25) is 38.4 Å². The van der Waals surface area contributed by atoms with Crippen LogP contribution in [0.5, 0.6) is 0 Å². The maximum Gasteiger partial charge on any atom is 0.326 e. The minimum atomic E-state index is -2.24. The zero-order chi connectivity index (χ0) is 38.2. The summed E-state index contributed by atoms with van der Waals surface area (Å²) in [7, 11) is 0. The molecular formula is C24H32N6O19. The van der Waals surface area contributed by atoms with Gasteiger partial charge in [-0.1, -0.05) is 0 Å². The Morgan fingerprint density at radius 2 is 0.633 bits per heavy atom. The molecule has 25 heteroatoms. The first-order chi connectivity index (χ1) is 22.5. The fourth-order valence-electron chi connectivity index (χ4n) is 3.51. The number of hydrogen-bond acceptors (Lipinski definition) is 13. The van der Waals surface area contributed by atoms with Crippen LogP contribution in [-0.4, -0.2) is 143 Å². The Morgan fingerprint density at radius 3 is 0.939 bits per heavy atom. The Labute approximate surface area is 272 Å². The molecule has 0 aliphatic heterocycles. The average Bonchev–Trinajstić information content (AvgIpc) is 2.94. The Morgan fingerprint density at radius 1 is 0.367 bits per heavy atom. The second-order valence-electron chi connectivity index (χ2n) is 9.85. The largest absolute Gasteiger partial charge is 0.481 e. The first kappa shape index (κ1) is 42.6. The van der Waals surface area contributed by atoms with Crippen LogP contribution >= 0.6 is 0 Å². The van der Waals surface area contributed by atoms with Crippen LogP contribution in [0.1, 0.15) is 38.5 Å². The van der Waals surface area contributed by atoms with Crippen LogP contribution in [-0.2, 0) is 57.5 Å². The van der Waals surface area contributed by atoms with Gasteiger partial charge in [0.1, 0.15) is 30.2 Å². The Hall–Kier alpha value is -6.40. The molecule has 5 amide bonds. The molecule has 0 aromatic heterocycles. The van der Waals surface area contributed by atoms with Gasteiger partial charge in [-0.05, 0) is 0 Å². The molecule has 272 valence electrons. The van der Waals surface area contributed by atoms with E-state index in [-0.39, 0.29) is 0 Å². The maximum atomic E-state index is 13.0. The van der Waals surface area contributed by atoms with Crippen LogP contribution in [0.2, 0.25) is 0 Å². The summed E-state index contributed by atoms with van der Waals surface area (Å²) in [4.78, 5) is 141. The second kappa shape index (κ2) is 20.0. The number of carbonyl (C=O) groups is 12. The number of hydrogen-bond donors (Lipinski definition) is 13. The number of aliphatic carboxylic acids is 7. The van der Waals surface area contributed by atoms with E-state index in [0.717, 1.165) is 0 Å². The maximum absolute atomic E-state index is 13.0. The van der Waals surface area contributed by atoms with Crippen molar-refractivity contribution in [2.75, 3.05) is 0 Å². The third-order valence-corrected chi connectivity index (χ3v) is 5.80. The molecule has 0 aliphatic rings. The summed E-state index contributed by atoms with van der Waals surface area (Å²) in [6.07, 6.45) is -6.89. The highest BCUT2D eigenvalue weighted by Crippen LogP contribution is 2.04. The van der Waals surface area contributed by atoms with Crippen molar-refractivity contribution in [1.82, 2.24) is 26.6 Å². The van der Waals surface area contributed by atoms with Gasteiger partial charge in [0.05, 0.1) is 44.6 Å². The first-order valence-corrected chi connectivity index (χ1v) is 13.3. The summed E-state index contributed by atoms with van der Waals surface area (Å²) in [5.41, 5.74) is 5.60. The quantitative estimate of drug-likeness (QED) is 0.0469. The smallest absolute Gasteiger partial charge is 0.326 e. The van der Waals surface area contributed by atoms with Gasteiger partial charge in [-0.15, -0.1) is 0 Å². The number of carboxylic acid groups (broad SMARTS) is 7. The first-order valence-electron chi connectivity index (χ1n) is 13.3. The van der Waals surface area contributed by atoms with E-state index < -0.39 is 146 Å². The molecule has 0 bridgehead atoms. The molecule has 14 N–H and O–H groups in total. The molecule has 0 heterocycles. The summed E-state index contributed by atoms with van der Waals surface area (Å²) in [5.74, 6) is -19.4. The van der Waals surface area contributed by atoms with Crippen molar-refractivity contribution in [3.8, 4) is 0 Å². The lowest BCUT2D eigenvalue weighted by Crippen LogP contribution is -2.57. The molecule has 6 atom stereocenters. The molecule has 0 rings (SSSR count). The van der Waals surface area contributed by atoms with Crippen molar-refractivity contribution < 1.29 is 93.3 Å². The zero-order valence-electron chi connectivity index (χ0n) is 24.8. The lowest BCUT2D eigenvalue weighted by atomic mass is 10.1. The molecule has 49 heavy (non-hydrogen) atoms. The van der Waals surface area contributed by atoms with Gasteiger partial charge in [0, 0.05) is 0 Å². The lowest BCUT2D eigenvalue weighted by Gasteiger charge is -2.23. The highest BCUT2D eigenvalue weighted by molar-refractivity contribution is 5.98. The summed E-state index contributed by atoms with van der Waals surface area (Å²) in [6, 6.07) is -12.4. The third-order valence-electron chi connectivity index (χ3n) is 5.80. The van der Waals surface area contributed by atoms with Crippen LogP contribution in [0.25, 0.3) is 0 Å². The SMILES string of the molecule is NC(CC(=O)N[C@@H](CC(=O)O)C(=O)O)C(=O)NC(CC(=O)N[C@@H](CC(=O)O)C(=O)O)C(=O)NC(CC(=O)N[C@@H](CC(=O)O)C(=O)O)C(=O)O. The van der Waals surface area contributed by atoms with Crippen molar-refractivity contribution in [1.29, 1.82) is 0 Å². The van der Waals surface area contributed by atoms with Crippen LogP contribution in [0.4, 0.5) is 0 Å². The predicted molar refractivity (Wildman–Crippen MR) is 149 cm³/mol. The molecule has 0 radical (unpaired) electrons. The lowest BCUT2D eigenvalue weighted by molar-refractivity contribution is -0.148. The van der Waals surface area contributed by atoms with Crippen LogP contribution in [0.15, 0.2) is 0 Å². The molecule has 0 fully saturated rings. The molecule has 25 nitrogen and oxygen atoms in total. The fourth-order valence-corrected chi connectivity index (χ4v) is 3.51.